The lowest BCUT2D eigenvalue weighted by molar-refractivity contribution is -0.138. The van der Waals surface area contributed by atoms with Crippen molar-refractivity contribution in [2.24, 2.45) is 0 Å². The van der Waals surface area contributed by atoms with Gasteiger partial charge in [0.1, 0.15) is 11.9 Å². The predicted molar refractivity (Wildman–Crippen MR) is 59.2 cm³/mol. The van der Waals surface area contributed by atoms with E-state index < -0.39 is 12.0 Å². The molecule has 0 spiro atoms. The van der Waals surface area contributed by atoms with Crippen LogP contribution in [0, 0.1) is 5.82 Å². The molecule has 0 fully saturated rings. The summed E-state index contributed by atoms with van der Waals surface area (Å²) < 4.78 is 13.1. The Bertz CT molecular complexity index is 419. The molecule has 0 bridgehead atoms. The van der Waals surface area contributed by atoms with Gasteiger partial charge in [0.15, 0.2) is 0 Å². The Morgan fingerprint density at radius 3 is 3.00 bits per heavy atom. The fraction of sp³-hybridized carbons (Fsp3) is 0.417. The Balaban J connectivity index is 2.35. The van der Waals surface area contributed by atoms with E-state index in [0.717, 1.165) is 17.7 Å². The van der Waals surface area contributed by atoms with E-state index in [1.807, 2.05) is 6.92 Å². The van der Waals surface area contributed by atoms with E-state index >= 15 is 0 Å². The van der Waals surface area contributed by atoms with Gasteiger partial charge in [-0.2, -0.15) is 0 Å². The van der Waals surface area contributed by atoms with Gasteiger partial charge >= 0.3 is 5.97 Å². The molecular weight excluding hydrogens is 209 g/mol. The molecule has 1 aliphatic rings. The lowest BCUT2D eigenvalue weighted by atomic mass is 10.1. The van der Waals surface area contributed by atoms with Crippen molar-refractivity contribution in [2.75, 3.05) is 11.4 Å². The van der Waals surface area contributed by atoms with Crippen LogP contribution in [0.15, 0.2) is 18.2 Å². The van der Waals surface area contributed by atoms with Gasteiger partial charge in [0.2, 0.25) is 0 Å². The lowest BCUT2D eigenvalue weighted by Crippen LogP contribution is -2.39. The van der Waals surface area contributed by atoms with Gasteiger partial charge in [-0.3, -0.25) is 0 Å². The molecule has 1 N–H and O–H groups in total. The van der Waals surface area contributed by atoms with Crippen molar-refractivity contribution >= 4 is 11.7 Å². The summed E-state index contributed by atoms with van der Waals surface area (Å²) in [5.74, 6) is -1.16. The minimum Gasteiger partial charge on any atom is -0.480 e. The van der Waals surface area contributed by atoms with Crippen molar-refractivity contribution in [1.29, 1.82) is 0 Å². The summed E-state index contributed by atoms with van der Waals surface area (Å²) in [6.45, 7) is 2.49. The third-order valence-corrected chi connectivity index (χ3v) is 3.03. The van der Waals surface area contributed by atoms with Crippen molar-refractivity contribution in [3.05, 3.63) is 29.6 Å². The normalized spacial score (nSPS) is 16.0. The van der Waals surface area contributed by atoms with Gasteiger partial charge in [0.05, 0.1) is 0 Å². The maximum Gasteiger partial charge on any atom is 0.326 e. The molecule has 0 aliphatic carbocycles. The first-order valence-corrected chi connectivity index (χ1v) is 5.41. The van der Waals surface area contributed by atoms with Crippen LogP contribution in [0.2, 0.25) is 0 Å². The van der Waals surface area contributed by atoms with Gasteiger partial charge in [0, 0.05) is 12.2 Å². The lowest BCUT2D eigenvalue weighted by Gasteiger charge is -2.26. The molecule has 1 aromatic rings. The van der Waals surface area contributed by atoms with E-state index in [2.05, 4.69) is 0 Å². The number of aliphatic carboxylic acids is 1. The Morgan fingerprint density at radius 1 is 1.62 bits per heavy atom. The van der Waals surface area contributed by atoms with Crippen molar-refractivity contribution in [2.45, 2.75) is 25.8 Å². The number of carboxylic acid groups (broad SMARTS) is 1. The van der Waals surface area contributed by atoms with Crippen LogP contribution in [-0.2, 0) is 11.2 Å². The van der Waals surface area contributed by atoms with Crippen molar-refractivity contribution < 1.29 is 14.3 Å². The Hall–Kier alpha value is -1.58. The maximum absolute atomic E-state index is 13.1. The number of benzene rings is 1. The fourth-order valence-corrected chi connectivity index (χ4v) is 2.23. The van der Waals surface area contributed by atoms with Crippen LogP contribution in [0.25, 0.3) is 0 Å². The summed E-state index contributed by atoms with van der Waals surface area (Å²) in [6, 6.07) is 4.03. The van der Waals surface area contributed by atoms with Crippen molar-refractivity contribution in [3.8, 4) is 0 Å². The van der Waals surface area contributed by atoms with E-state index in [9.17, 15) is 9.18 Å². The molecular formula is C12H14FNO2. The van der Waals surface area contributed by atoms with Crippen LogP contribution in [0.4, 0.5) is 10.1 Å². The highest BCUT2D eigenvalue weighted by Crippen LogP contribution is 2.31. The summed E-state index contributed by atoms with van der Waals surface area (Å²) in [5, 5.41) is 9.09. The number of fused-ring (bicyclic) bond motifs is 1. The van der Waals surface area contributed by atoms with Crippen LogP contribution in [0.1, 0.15) is 18.9 Å². The molecule has 1 aromatic carbocycles. The highest BCUT2D eigenvalue weighted by molar-refractivity contribution is 5.79. The standard InChI is InChI=1S/C12H14FNO2/c1-2-10(12(15)16)14-6-5-8-3-4-9(13)7-11(8)14/h3-4,7,10H,2,5-6H2,1H3,(H,15,16). The van der Waals surface area contributed by atoms with E-state index in [-0.39, 0.29) is 5.82 Å². The number of rotatable bonds is 3. The Kier molecular flexibility index (Phi) is 2.81. The van der Waals surface area contributed by atoms with Gasteiger partial charge < -0.3 is 10.0 Å². The number of carbonyl (C=O) groups is 1. The number of halogens is 1. The first-order chi connectivity index (χ1) is 7.63. The number of hydrogen-bond acceptors (Lipinski definition) is 2. The topological polar surface area (TPSA) is 40.5 Å². The third kappa shape index (κ3) is 1.75. The number of nitrogens with zero attached hydrogens (tertiary/aromatic N) is 1. The highest BCUT2D eigenvalue weighted by Gasteiger charge is 2.29. The third-order valence-electron chi connectivity index (χ3n) is 3.03. The Labute approximate surface area is 93.5 Å². The van der Waals surface area contributed by atoms with E-state index in [1.165, 1.54) is 12.1 Å². The molecule has 86 valence electrons. The van der Waals surface area contributed by atoms with Crippen LogP contribution >= 0.6 is 0 Å². The maximum atomic E-state index is 13.1. The molecule has 1 heterocycles. The first kappa shape index (κ1) is 10.9. The molecule has 0 amide bonds. The average molecular weight is 223 g/mol. The molecule has 2 rings (SSSR count). The quantitative estimate of drug-likeness (QED) is 0.852. The minimum absolute atomic E-state index is 0.314. The van der Waals surface area contributed by atoms with E-state index in [0.29, 0.717) is 13.0 Å². The molecule has 0 saturated heterocycles. The SMILES string of the molecule is CCC(C(=O)O)N1CCc2ccc(F)cc21. The molecule has 3 nitrogen and oxygen atoms in total. The minimum atomic E-state index is -0.848. The largest absolute Gasteiger partial charge is 0.480 e. The predicted octanol–water partition coefficient (Wildman–Crippen LogP) is 2.05. The van der Waals surface area contributed by atoms with E-state index in [4.69, 9.17) is 5.11 Å². The molecule has 0 saturated carbocycles. The van der Waals surface area contributed by atoms with Crippen molar-refractivity contribution in [1.82, 2.24) is 0 Å². The molecule has 4 heteroatoms. The fourth-order valence-electron chi connectivity index (χ4n) is 2.23. The summed E-state index contributed by atoms with van der Waals surface area (Å²) in [7, 11) is 0. The zero-order valence-electron chi connectivity index (χ0n) is 9.11. The summed E-state index contributed by atoms with van der Waals surface area (Å²) >= 11 is 0. The first-order valence-electron chi connectivity index (χ1n) is 5.41. The van der Waals surface area contributed by atoms with Gasteiger partial charge in [-0.1, -0.05) is 13.0 Å². The van der Waals surface area contributed by atoms with E-state index in [1.54, 1.807) is 11.0 Å². The zero-order valence-corrected chi connectivity index (χ0v) is 9.11. The molecule has 0 radical (unpaired) electrons. The second kappa shape index (κ2) is 4.12. The van der Waals surface area contributed by atoms with Gasteiger partial charge in [0.25, 0.3) is 0 Å². The van der Waals surface area contributed by atoms with Crippen molar-refractivity contribution in [3.63, 3.8) is 0 Å². The second-order valence-electron chi connectivity index (χ2n) is 3.98. The monoisotopic (exact) mass is 223 g/mol. The summed E-state index contributed by atoms with van der Waals surface area (Å²) in [6.07, 6.45) is 1.31. The van der Waals surface area contributed by atoms with Gasteiger partial charge in [-0.15, -0.1) is 0 Å². The zero-order chi connectivity index (χ0) is 11.7. The highest BCUT2D eigenvalue weighted by atomic mass is 19.1. The van der Waals surface area contributed by atoms with Crippen LogP contribution < -0.4 is 4.90 Å². The summed E-state index contributed by atoms with van der Waals surface area (Å²) in [5.41, 5.74) is 1.76. The van der Waals surface area contributed by atoms with Gasteiger partial charge in [-0.05, 0) is 30.5 Å². The number of carboxylic acids is 1. The van der Waals surface area contributed by atoms with Crippen LogP contribution in [-0.4, -0.2) is 23.7 Å². The smallest absolute Gasteiger partial charge is 0.326 e. The second-order valence-corrected chi connectivity index (χ2v) is 3.98. The average Bonchev–Trinajstić information content (AvgIpc) is 2.62. The molecule has 1 unspecified atom stereocenters. The molecule has 1 atom stereocenters. The van der Waals surface area contributed by atoms with Gasteiger partial charge in [-0.25, -0.2) is 9.18 Å². The molecule has 16 heavy (non-hydrogen) atoms. The number of anilines is 1. The van der Waals surface area contributed by atoms with Crippen LogP contribution in [0.5, 0.6) is 0 Å². The Morgan fingerprint density at radius 2 is 2.38 bits per heavy atom. The van der Waals surface area contributed by atoms with Crippen LogP contribution in [0.3, 0.4) is 0 Å². The molecule has 1 aliphatic heterocycles. The molecule has 0 aromatic heterocycles. The number of hydrogen-bond donors (Lipinski definition) is 1. The summed E-state index contributed by atoms with van der Waals surface area (Å²) in [4.78, 5) is 12.9.